The van der Waals surface area contributed by atoms with Crippen LogP contribution in [0.5, 0.6) is 5.75 Å². The Labute approximate surface area is 125 Å². The summed E-state index contributed by atoms with van der Waals surface area (Å²) in [7, 11) is 0. The van der Waals surface area contributed by atoms with Crippen LogP contribution < -0.4 is 10.1 Å². The highest BCUT2D eigenvalue weighted by atomic mass is 16.5. The molecule has 4 heteroatoms. The minimum absolute atomic E-state index is 0.223. The highest BCUT2D eigenvalue weighted by Crippen LogP contribution is 2.14. The van der Waals surface area contributed by atoms with E-state index in [0.29, 0.717) is 19.7 Å². The fourth-order valence-electron chi connectivity index (χ4n) is 1.89. The summed E-state index contributed by atoms with van der Waals surface area (Å²) in [4.78, 5) is 0. The molecule has 0 aliphatic carbocycles. The molecule has 0 heterocycles. The number of hydrogen-bond donors (Lipinski definition) is 3. The van der Waals surface area contributed by atoms with Gasteiger partial charge in [0.25, 0.3) is 0 Å². The second-order valence-corrected chi connectivity index (χ2v) is 4.89. The van der Waals surface area contributed by atoms with Crippen molar-refractivity contribution in [1.29, 1.82) is 0 Å². The van der Waals surface area contributed by atoms with E-state index in [1.807, 2.05) is 54.6 Å². The van der Waals surface area contributed by atoms with Gasteiger partial charge in [-0.1, -0.05) is 42.5 Å². The van der Waals surface area contributed by atoms with Crippen molar-refractivity contribution in [2.45, 2.75) is 19.3 Å². The minimum Gasteiger partial charge on any atom is -0.489 e. The molecule has 0 fully saturated rings. The van der Waals surface area contributed by atoms with E-state index in [4.69, 9.17) is 9.84 Å². The monoisotopic (exact) mass is 287 g/mol. The van der Waals surface area contributed by atoms with Gasteiger partial charge >= 0.3 is 0 Å². The molecule has 112 valence electrons. The van der Waals surface area contributed by atoms with Crippen LogP contribution in [-0.2, 0) is 13.2 Å². The van der Waals surface area contributed by atoms with E-state index in [1.54, 1.807) is 0 Å². The molecular formula is C17H21NO3. The molecule has 0 bridgehead atoms. The number of rotatable bonds is 8. The molecule has 0 amide bonds. The van der Waals surface area contributed by atoms with Gasteiger partial charge in [0.1, 0.15) is 12.4 Å². The third-order valence-electron chi connectivity index (χ3n) is 3.09. The first-order valence-electron chi connectivity index (χ1n) is 7.03. The second-order valence-electron chi connectivity index (χ2n) is 4.89. The summed E-state index contributed by atoms with van der Waals surface area (Å²) in [6, 6.07) is 17.9. The van der Waals surface area contributed by atoms with E-state index in [0.717, 1.165) is 16.9 Å². The van der Waals surface area contributed by atoms with Gasteiger partial charge in [0.15, 0.2) is 0 Å². The van der Waals surface area contributed by atoms with Crippen LogP contribution in [0, 0.1) is 0 Å². The van der Waals surface area contributed by atoms with E-state index in [1.165, 1.54) is 0 Å². The number of ether oxygens (including phenoxy) is 1. The molecule has 0 saturated carbocycles. The normalized spacial score (nSPS) is 12.1. The Morgan fingerprint density at radius 3 is 2.33 bits per heavy atom. The molecule has 0 aromatic heterocycles. The lowest BCUT2D eigenvalue weighted by molar-refractivity contribution is 0.0942. The Morgan fingerprint density at radius 2 is 1.67 bits per heavy atom. The van der Waals surface area contributed by atoms with Crippen molar-refractivity contribution in [2.75, 3.05) is 13.2 Å². The third kappa shape index (κ3) is 5.55. The van der Waals surface area contributed by atoms with Gasteiger partial charge in [-0.15, -0.1) is 0 Å². The average Bonchev–Trinajstić information content (AvgIpc) is 2.55. The van der Waals surface area contributed by atoms with Crippen molar-refractivity contribution in [2.24, 2.45) is 0 Å². The number of nitrogens with one attached hydrogen (secondary N) is 1. The predicted molar refractivity (Wildman–Crippen MR) is 82.0 cm³/mol. The Bertz CT molecular complexity index is 513. The molecule has 0 spiro atoms. The van der Waals surface area contributed by atoms with Crippen LogP contribution in [0.1, 0.15) is 11.1 Å². The van der Waals surface area contributed by atoms with Crippen LogP contribution in [0.4, 0.5) is 0 Å². The molecule has 0 radical (unpaired) electrons. The summed E-state index contributed by atoms with van der Waals surface area (Å²) in [5, 5.41) is 21.0. The highest BCUT2D eigenvalue weighted by Gasteiger charge is 2.01. The van der Waals surface area contributed by atoms with Crippen molar-refractivity contribution < 1.29 is 14.9 Å². The van der Waals surface area contributed by atoms with Gasteiger partial charge in [-0.2, -0.15) is 0 Å². The minimum atomic E-state index is -0.710. The lowest BCUT2D eigenvalue weighted by Gasteiger charge is -2.10. The summed E-state index contributed by atoms with van der Waals surface area (Å²) < 4.78 is 5.71. The lowest BCUT2D eigenvalue weighted by atomic mass is 10.2. The van der Waals surface area contributed by atoms with Gasteiger partial charge in [-0.05, 0) is 23.3 Å². The van der Waals surface area contributed by atoms with E-state index in [-0.39, 0.29) is 6.61 Å². The summed E-state index contributed by atoms with van der Waals surface area (Å²) >= 11 is 0. The zero-order chi connectivity index (χ0) is 14.9. The standard InChI is InChI=1S/C17H21NO3/c19-12-16(20)11-18-10-14-6-8-17(9-7-14)21-13-15-4-2-1-3-5-15/h1-9,16,18-20H,10-13H2. The molecule has 0 saturated heterocycles. The predicted octanol–water partition coefficient (Wildman–Crippen LogP) is 1.71. The molecule has 0 aliphatic heterocycles. The molecule has 21 heavy (non-hydrogen) atoms. The molecular weight excluding hydrogens is 266 g/mol. The summed E-state index contributed by atoms with van der Waals surface area (Å²) in [6.07, 6.45) is -0.710. The summed E-state index contributed by atoms with van der Waals surface area (Å²) in [5.41, 5.74) is 2.24. The average molecular weight is 287 g/mol. The molecule has 2 aromatic carbocycles. The maximum absolute atomic E-state index is 9.23. The van der Waals surface area contributed by atoms with Crippen LogP contribution in [0.15, 0.2) is 54.6 Å². The quantitative estimate of drug-likeness (QED) is 0.692. The van der Waals surface area contributed by atoms with Crippen molar-refractivity contribution in [1.82, 2.24) is 5.32 Å². The zero-order valence-corrected chi connectivity index (χ0v) is 11.9. The molecule has 1 atom stereocenters. The van der Waals surface area contributed by atoms with Crippen LogP contribution in [0.2, 0.25) is 0 Å². The van der Waals surface area contributed by atoms with Gasteiger partial charge in [0, 0.05) is 13.1 Å². The molecule has 2 aromatic rings. The first-order chi connectivity index (χ1) is 10.3. The van der Waals surface area contributed by atoms with E-state index in [2.05, 4.69) is 5.32 Å². The van der Waals surface area contributed by atoms with Gasteiger partial charge in [-0.25, -0.2) is 0 Å². The van der Waals surface area contributed by atoms with Crippen molar-refractivity contribution >= 4 is 0 Å². The topological polar surface area (TPSA) is 61.7 Å². The Morgan fingerprint density at radius 1 is 0.952 bits per heavy atom. The van der Waals surface area contributed by atoms with Crippen LogP contribution in [0.25, 0.3) is 0 Å². The molecule has 1 unspecified atom stereocenters. The van der Waals surface area contributed by atoms with Crippen LogP contribution in [0.3, 0.4) is 0 Å². The van der Waals surface area contributed by atoms with Crippen LogP contribution >= 0.6 is 0 Å². The fraction of sp³-hybridized carbons (Fsp3) is 0.294. The highest BCUT2D eigenvalue weighted by molar-refractivity contribution is 5.27. The Hall–Kier alpha value is -1.88. The van der Waals surface area contributed by atoms with Gasteiger partial charge in [0.05, 0.1) is 12.7 Å². The third-order valence-corrected chi connectivity index (χ3v) is 3.09. The lowest BCUT2D eigenvalue weighted by Crippen LogP contribution is -2.28. The first-order valence-corrected chi connectivity index (χ1v) is 7.03. The fourth-order valence-corrected chi connectivity index (χ4v) is 1.89. The molecule has 3 N–H and O–H groups in total. The van der Waals surface area contributed by atoms with Crippen molar-refractivity contribution in [3.05, 3.63) is 65.7 Å². The number of aliphatic hydroxyl groups excluding tert-OH is 2. The summed E-state index contributed by atoms with van der Waals surface area (Å²) in [6.45, 7) is 1.36. The zero-order valence-electron chi connectivity index (χ0n) is 11.9. The molecule has 2 rings (SSSR count). The molecule has 4 nitrogen and oxygen atoms in total. The van der Waals surface area contributed by atoms with Gasteiger partial charge in [-0.3, -0.25) is 0 Å². The SMILES string of the molecule is OCC(O)CNCc1ccc(OCc2ccccc2)cc1. The first kappa shape index (κ1) is 15.5. The number of benzene rings is 2. The Balaban J connectivity index is 1.76. The summed E-state index contributed by atoms with van der Waals surface area (Å²) in [5.74, 6) is 0.831. The maximum Gasteiger partial charge on any atom is 0.119 e. The Kier molecular flexibility index (Phi) is 6.22. The van der Waals surface area contributed by atoms with E-state index in [9.17, 15) is 5.11 Å². The number of hydrogen-bond acceptors (Lipinski definition) is 4. The molecule has 0 aliphatic rings. The van der Waals surface area contributed by atoms with E-state index < -0.39 is 6.10 Å². The van der Waals surface area contributed by atoms with Gasteiger partial charge in [0.2, 0.25) is 0 Å². The van der Waals surface area contributed by atoms with E-state index >= 15 is 0 Å². The largest absolute Gasteiger partial charge is 0.489 e. The second kappa shape index (κ2) is 8.42. The number of aliphatic hydroxyl groups is 2. The van der Waals surface area contributed by atoms with Crippen LogP contribution in [-0.4, -0.2) is 29.5 Å². The van der Waals surface area contributed by atoms with Crippen molar-refractivity contribution in [3.8, 4) is 5.75 Å². The van der Waals surface area contributed by atoms with Crippen molar-refractivity contribution in [3.63, 3.8) is 0 Å². The van der Waals surface area contributed by atoms with Gasteiger partial charge < -0.3 is 20.3 Å². The maximum atomic E-state index is 9.23. The smallest absolute Gasteiger partial charge is 0.119 e.